The first kappa shape index (κ1) is 19.9. The number of urea groups is 1. The molecule has 8 nitrogen and oxygen atoms in total. The highest BCUT2D eigenvalue weighted by Gasteiger charge is 2.19. The predicted molar refractivity (Wildman–Crippen MR) is 82.4 cm³/mol. The third-order valence-corrected chi connectivity index (χ3v) is 2.34. The van der Waals surface area contributed by atoms with Crippen LogP contribution in [0.3, 0.4) is 0 Å². The molecule has 1 heterocycles. The second-order valence-corrected chi connectivity index (χ2v) is 3.98. The van der Waals surface area contributed by atoms with Crippen molar-refractivity contribution in [2.75, 3.05) is 33.4 Å². The summed E-state index contributed by atoms with van der Waals surface area (Å²) in [4.78, 5) is 23.8. The molecule has 0 fully saturated rings. The zero-order chi connectivity index (χ0) is 17.0. The van der Waals surface area contributed by atoms with Gasteiger partial charge in [-0.15, -0.1) is 0 Å². The van der Waals surface area contributed by atoms with E-state index < -0.39 is 6.17 Å². The molecule has 0 bridgehead atoms. The van der Waals surface area contributed by atoms with Crippen LogP contribution in [0.15, 0.2) is 11.8 Å². The molecule has 0 spiro atoms. The van der Waals surface area contributed by atoms with Crippen LogP contribution in [-0.2, 0) is 9.53 Å². The zero-order valence-electron chi connectivity index (χ0n) is 13.2. The molecule has 3 amide bonds. The summed E-state index contributed by atoms with van der Waals surface area (Å²) in [6, 6.07) is -0.294. The van der Waals surface area contributed by atoms with E-state index in [2.05, 4.69) is 22.5 Å². The molecular weight excluding hydrogens is 288 g/mol. The number of aliphatic hydroxyl groups excluding tert-OH is 1. The van der Waals surface area contributed by atoms with Crippen molar-refractivity contribution in [1.29, 1.82) is 0 Å². The summed E-state index contributed by atoms with van der Waals surface area (Å²) in [6.45, 7) is 4.01. The monoisotopic (exact) mass is 312 g/mol. The number of carbonyl (C=O) groups is 2. The van der Waals surface area contributed by atoms with Crippen molar-refractivity contribution in [3.05, 3.63) is 11.8 Å². The van der Waals surface area contributed by atoms with Crippen molar-refractivity contribution in [3.8, 4) is 11.8 Å². The normalized spacial score (nSPS) is 16.4. The third kappa shape index (κ3) is 7.64. The smallest absolute Gasteiger partial charge is 0.322 e. The molecule has 0 saturated carbocycles. The fourth-order valence-corrected chi connectivity index (χ4v) is 1.34. The molecule has 1 aliphatic heterocycles. The molecule has 0 saturated heterocycles. The van der Waals surface area contributed by atoms with E-state index >= 15 is 0 Å². The van der Waals surface area contributed by atoms with Gasteiger partial charge in [0.1, 0.15) is 12.8 Å². The maximum atomic E-state index is 11.2. The summed E-state index contributed by atoms with van der Waals surface area (Å²) < 4.78 is 4.84. The maximum absolute atomic E-state index is 11.2. The van der Waals surface area contributed by atoms with Gasteiger partial charge >= 0.3 is 6.03 Å². The first-order valence-electron chi connectivity index (χ1n) is 6.99. The summed E-state index contributed by atoms with van der Waals surface area (Å²) in [5.74, 6) is 5.19. The van der Waals surface area contributed by atoms with Crippen LogP contribution in [-0.4, -0.2) is 61.5 Å². The van der Waals surface area contributed by atoms with Gasteiger partial charge in [-0.25, -0.2) is 4.79 Å². The first-order chi connectivity index (χ1) is 10.5. The van der Waals surface area contributed by atoms with E-state index in [4.69, 9.17) is 15.6 Å². The predicted octanol–water partition coefficient (Wildman–Crippen LogP) is -1.04. The van der Waals surface area contributed by atoms with Gasteiger partial charge in [0.15, 0.2) is 0 Å². The molecule has 1 atom stereocenters. The van der Waals surface area contributed by atoms with E-state index in [0.29, 0.717) is 5.57 Å². The third-order valence-electron chi connectivity index (χ3n) is 2.34. The van der Waals surface area contributed by atoms with Crippen molar-refractivity contribution < 1.29 is 19.4 Å². The number of amides is 3. The SMILES string of the molecule is CC.CN1C=C(C#CCNC(=O)COCCO)C(N)NC1=O. The lowest BCUT2D eigenvalue weighted by molar-refractivity contribution is -0.125. The van der Waals surface area contributed by atoms with Gasteiger partial charge in [0.05, 0.1) is 25.3 Å². The molecule has 0 aromatic carbocycles. The lowest BCUT2D eigenvalue weighted by atomic mass is 10.2. The second-order valence-electron chi connectivity index (χ2n) is 3.98. The molecule has 124 valence electrons. The number of nitrogens with two attached hydrogens (primary N) is 1. The number of nitrogens with zero attached hydrogens (tertiary/aromatic N) is 1. The number of ether oxygens (including phenoxy) is 1. The van der Waals surface area contributed by atoms with E-state index in [0.717, 1.165) is 0 Å². The summed E-state index contributed by atoms with van der Waals surface area (Å²) >= 11 is 0. The van der Waals surface area contributed by atoms with Crippen LogP contribution in [0.4, 0.5) is 4.79 Å². The average molecular weight is 312 g/mol. The highest BCUT2D eigenvalue weighted by molar-refractivity contribution is 5.78. The van der Waals surface area contributed by atoms with Gasteiger partial charge in [0, 0.05) is 13.2 Å². The lowest BCUT2D eigenvalue weighted by Crippen LogP contribution is -2.50. The van der Waals surface area contributed by atoms with E-state index in [1.807, 2.05) is 13.8 Å². The van der Waals surface area contributed by atoms with Gasteiger partial charge in [-0.2, -0.15) is 0 Å². The number of nitrogens with one attached hydrogen (secondary N) is 2. The maximum Gasteiger partial charge on any atom is 0.322 e. The summed E-state index contributed by atoms with van der Waals surface area (Å²) in [5.41, 5.74) is 6.25. The van der Waals surface area contributed by atoms with E-state index in [1.165, 1.54) is 4.90 Å². The zero-order valence-corrected chi connectivity index (χ0v) is 13.2. The minimum Gasteiger partial charge on any atom is -0.394 e. The van der Waals surface area contributed by atoms with Gasteiger partial charge in [0.2, 0.25) is 5.91 Å². The van der Waals surface area contributed by atoms with Crippen LogP contribution >= 0.6 is 0 Å². The van der Waals surface area contributed by atoms with E-state index in [1.54, 1.807) is 13.2 Å². The molecule has 0 aromatic heterocycles. The van der Waals surface area contributed by atoms with Crippen molar-refractivity contribution in [2.45, 2.75) is 20.0 Å². The fourth-order valence-electron chi connectivity index (χ4n) is 1.34. The van der Waals surface area contributed by atoms with Gasteiger partial charge < -0.3 is 31.1 Å². The Morgan fingerprint density at radius 3 is 2.91 bits per heavy atom. The molecule has 5 N–H and O–H groups in total. The number of hydrogen-bond donors (Lipinski definition) is 4. The number of carbonyl (C=O) groups excluding carboxylic acids is 2. The Morgan fingerprint density at radius 2 is 2.27 bits per heavy atom. The highest BCUT2D eigenvalue weighted by atomic mass is 16.5. The van der Waals surface area contributed by atoms with Gasteiger partial charge in [-0.1, -0.05) is 25.7 Å². The Labute approximate surface area is 130 Å². The lowest BCUT2D eigenvalue weighted by Gasteiger charge is -2.24. The molecule has 0 aliphatic carbocycles. The topological polar surface area (TPSA) is 117 Å². The van der Waals surface area contributed by atoms with E-state index in [9.17, 15) is 9.59 Å². The fraction of sp³-hybridized carbons (Fsp3) is 0.571. The number of hydrogen-bond acceptors (Lipinski definition) is 5. The molecule has 22 heavy (non-hydrogen) atoms. The van der Waals surface area contributed by atoms with Crippen LogP contribution < -0.4 is 16.4 Å². The standard InChI is InChI=1S/C12H18N4O4.C2H6/c1-16-7-9(11(13)15-12(16)19)3-2-4-14-10(18)8-20-6-5-17;1-2/h7,11,17H,4-6,8,13H2,1H3,(H,14,18)(H,15,19);1-2H3. The quantitative estimate of drug-likeness (QED) is 0.382. The Hall–Kier alpha value is -2.08. The summed E-state index contributed by atoms with van der Waals surface area (Å²) in [7, 11) is 1.59. The van der Waals surface area contributed by atoms with Crippen LogP contribution in [0.5, 0.6) is 0 Å². The summed E-state index contributed by atoms with van der Waals surface area (Å²) in [5, 5.41) is 13.5. The van der Waals surface area contributed by atoms with Gasteiger partial charge in [0.25, 0.3) is 0 Å². The van der Waals surface area contributed by atoms with Gasteiger partial charge in [-0.3, -0.25) is 4.79 Å². The minimum atomic E-state index is -0.644. The Kier molecular flexibility index (Phi) is 10.5. The summed E-state index contributed by atoms with van der Waals surface area (Å²) in [6.07, 6.45) is 0.901. The highest BCUT2D eigenvalue weighted by Crippen LogP contribution is 2.04. The number of aliphatic hydroxyl groups is 1. The Bertz CT molecular complexity index is 453. The minimum absolute atomic E-state index is 0.118. The molecule has 0 radical (unpaired) electrons. The molecular formula is C14H24N4O4. The average Bonchev–Trinajstić information content (AvgIpc) is 2.51. The van der Waals surface area contributed by atoms with Crippen molar-refractivity contribution in [2.24, 2.45) is 5.73 Å². The molecule has 1 aliphatic rings. The van der Waals surface area contributed by atoms with Crippen LogP contribution in [0, 0.1) is 11.8 Å². The van der Waals surface area contributed by atoms with E-state index in [-0.39, 0.29) is 38.3 Å². The van der Waals surface area contributed by atoms with Crippen LogP contribution in [0.1, 0.15) is 13.8 Å². The Morgan fingerprint density at radius 1 is 1.59 bits per heavy atom. The Balaban J connectivity index is 0.00000211. The van der Waals surface area contributed by atoms with Crippen LogP contribution in [0.25, 0.3) is 0 Å². The van der Waals surface area contributed by atoms with Crippen molar-refractivity contribution >= 4 is 11.9 Å². The van der Waals surface area contributed by atoms with Crippen molar-refractivity contribution in [1.82, 2.24) is 15.5 Å². The molecule has 0 aromatic rings. The molecule has 1 unspecified atom stereocenters. The molecule has 1 rings (SSSR count). The van der Waals surface area contributed by atoms with Crippen molar-refractivity contribution in [3.63, 3.8) is 0 Å². The first-order valence-corrected chi connectivity index (χ1v) is 6.99. The second kappa shape index (κ2) is 11.6. The number of rotatable bonds is 5. The largest absolute Gasteiger partial charge is 0.394 e. The van der Waals surface area contributed by atoms with Gasteiger partial charge in [-0.05, 0) is 0 Å². The van der Waals surface area contributed by atoms with Crippen LogP contribution in [0.2, 0.25) is 0 Å². The molecule has 8 heteroatoms.